The van der Waals surface area contributed by atoms with Gasteiger partial charge in [-0.25, -0.2) is 8.42 Å². The highest BCUT2D eigenvalue weighted by Gasteiger charge is 2.32. The number of nitrogens with zero attached hydrogens (tertiary/aromatic N) is 1. The number of sulfone groups is 1. The third kappa shape index (κ3) is 2.61. The Hall–Kier alpha value is -1.63. The van der Waals surface area contributed by atoms with Crippen LogP contribution in [0.15, 0.2) is 23.1 Å². The van der Waals surface area contributed by atoms with Gasteiger partial charge in [-0.2, -0.15) is 0 Å². The first-order valence-electron chi connectivity index (χ1n) is 5.55. The predicted molar refractivity (Wildman–Crippen MR) is 66.2 cm³/mol. The number of pyridine rings is 1. The zero-order valence-corrected chi connectivity index (χ0v) is 10.7. The zero-order chi connectivity index (χ0) is 13.3. The molecule has 1 aromatic rings. The van der Waals surface area contributed by atoms with Gasteiger partial charge in [-0.05, 0) is 12.5 Å². The van der Waals surface area contributed by atoms with Crippen molar-refractivity contribution in [2.75, 3.05) is 18.6 Å². The molecule has 0 aromatic carbocycles. The molecule has 0 spiro atoms. The molecule has 1 amide bonds. The molecule has 18 heavy (non-hydrogen) atoms. The van der Waals surface area contributed by atoms with Crippen molar-refractivity contribution < 1.29 is 13.2 Å². The van der Waals surface area contributed by atoms with Crippen LogP contribution in [-0.4, -0.2) is 48.8 Å². The largest absolute Gasteiger partial charge is 0.338 e. The lowest BCUT2D eigenvalue weighted by Crippen LogP contribution is -2.38. The highest BCUT2D eigenvalue weighted by Crippen LogP contribution is 2.18. The van der Waals surface area contributed by atoms with Crippen LogP contribution >= 0.6 is 0 Å². The smallest absolute Gasteiger partial charge is 0.255 e. The third-order valence-corrected chi connectivity index (χ3v) is 4.86. The maximum absolute atomic E-state index is 12.1. The zero-order valence-electron chi connectivity index (χ0n) is 9.92. The van der Waals surface area contributed by atoms with E-state index >= 15 is 0 Å². The molecule has 0 bridgehead atoms. The van der Waals surface area contributed by atoms with Crippen molar-refractivity contribution in [2.45, 2.75) is 12.5 Å². The number of hydrogen-bond donors (Lipinski definition) is 1. The number of H-pyrrole nitrogens is 1. The predicted octanol–water partition coefficient (Wildman–Crippen LogP) is -0.366. The fourth-order valence-electron chi connectivity index (χ4n) is 1.99. The minimum atomic E-state index is -3.01. The Balaban J connectivity index is 2.14. The van der Waals surface area contributed by atoms with Gasteiger partial charge < -0.3 is 9.88 Å². The van der Waals surface area contributed by atoms with Crippen molar-refractivity contribution in [1.82, 2.24) is 9.88 Å². The Morgan fingerprint density at radius 2 is 2.17 bits per heavy atom. The first-order chi connectivity index (χ1) is 8.39. The topological polar surface area (TPSA) is 87.3 Å². The van der Waals surface area contributed by atoms with Crippen LogP contribution < -0.4 is 5.56 Å². The molecule has 1 atom stereocenters. The lowest BCUT2D eigenvalue weighted by molar-refractivity contribution is 0.0747. The van der Waals surface area contributed by atoms with Gasteiger partial charge in [-0.1, -0.05) is 0 Å². The number of carbonyl (C=O) groups excluding carboxylic acids is 1. The van der Waals surface area contributed by atoms with Crippen molar-refractivity contribution in [3.05, 3.63) is 34.2 Å². The highest BCUT2D eigenvalue weighted by atomic mass is 32.2. The number of aromatic amines is 1. The molecule has 1 fully saturated rings. The van der Waals surface area contributed by atoms with E-state index in [1.54, 1.807) is 7.05 Å². The van der Waals surface area contributed by atoms with Crippen LogP contribution in [0.2, 0.25) is 0 Å². The summed E-state index contributed by atoms with van der Waals surface area (Å²) in [4.78, 5) is 26.8. The minimum Gasteiger partial charge on any atom is -0.338 e. The summed E-state index contributed by atoms with van der Waals surface area (Å²) < 4.78 is 22.7. The van der Waals surface area contributed by atoms with Gasteiger partial charge in [0.2, 0.25) is 5.56 Å². The Kier molecular flexibility index (Phi) is 3.25. The molecule has 1 unspecified atom stereocenters. The van der Waals surface area contributed by atoms with Gasteiger partial charge in [-0.15, -0.1) is 0 Å². The summed E-state index contributed by atoms with van der Waals surface area (Å²) in [5, 5.41) is 0. The lowest BCUT2D eigenvalue weighted by atomic mass is 10.2. The van der Waals surface area contributed by atoms with E-state index in [0.717, 1.165) is 0 Å². The van der Waals surface area contributed by atoms with Crippen LogP contribution in [0.3, 0.4) is 0 Å². The van der Waals surface area contributed by atoms with Gasteiger partial charge >= 0.3 is 0 Å². The van der Waals surface area contributed by atoms with Crippen LogP contribution in [0.4, 0.5) is 0 Å². The summed E-state index contributed by atoms with van der Waals surface area (Å²) in [7, 11) is -1.43. The molecular formula is C11H14N2O4S. The Morgan fingerprint density at radius 3 is 2.67 bits per heavy atom. The van der Waals surface area contributed by atoms with Crippen LogP contribution in [0.5, 0.6) is 0 Å². The van der Waals surface area contributed by atoms with Gasteiger partial charge in [0.05, 0.1) is 17.1 Å². The average molecular weight is 270 g/mol. The number of hydrogen-bond acceptors (Lipinski definition) is 4. The summed E-state index contributed by atoms with van der Waals surface area (Å²) in [6, 6.07) is 2.42. The Labute approximate surface area is 105 Å². The van der Waals surface area contributed by atoms with Crippen LogP contribution in [0.1, 0.15) is 16.8 Å². The van der Waals surface area contributed by atoms with E-state index in [1.165, 1.54) is 23.2 Å². The Bertz CT molecular complexity index is 600. The monoisotopic (exact) mass is 270 g/mol. The van der Waals surface area contributed by atoms with Gasteiger partial charge in [0.1, 0.15) is 0 Å². The lowest BCUT2D eigenvalue weighted by Gasteiger charge is -2.23. The van der Waals surface area contributed by atoms with Gasteiger partial charge in [0, 0.05) is 25.4 Å². The second kappa shape index (κ2) is 4.56. The van der Waals surface area contributed by atoms with E-state index < -0.39 is 9.84 Å². The number of carbonyl (C=O) groups is 1. The van der Waals surface area contributed by atoms with Crippen molar-refractivity contribution in [3.63, 3.8) is 0 Å². The van der Waals surface area contributed by atoms with E-state index in [0.29, 0.717) is 12.0 Å². The summed E-state index contributed by atoms with van der Waals surface area (Å²) in [5.74, 6) is -0.146. The van der Waals surface area contributed by atoms with Crippen LogP contribution in [0, 0.1) is 0 Å². The molecule has 2 rings (SSSR count). The molecule has 6 nitrogen and oxygen atoms in total. The maximum Gasteiger partial charge on any atom is 0.255 e. The molecule has 1 N–H and O–H groups in total. The standard InChI is InChI=1S/C11H14N2O4S/c1-13(9-4-5-18(16,17)7-9)11(15)8-2-3-10(14)12-6-8/h2-3,6,9H,4-5,7H2,1H3,(H,12,14). The van der Waals surface area contributed by atoms with Gasteiger partial charge in [-0.3, -0.25) is 9.59 Å². The molecule has 7 heteroatoms. The van der Waals surface area contributed by atoms with Crippen molar-refractivity contribution >= 4 is 15.7 Å². The highest BCUT2D eigenvalue weighted by molar-refractivity contribution is 7.91. The van der Waals surface area contributed by atoms with E-state index in [-0.39, 0.29) is 29.0 Å². The first kappa shape index (κ1) is 12.8. The van der Waals surface area contributed by atoms with E-state index in [1.807, 2.05) is 0 Å². The quantitative estimate of drug-likeness (QED) is 0.794. The third-order valence-electron chi connectivity index (χ3n) is 3.11. The molecule has 1 aromatic heterocycles. The molecule has 1 aliphatic heterocycles. The summed E-state index contributed by atoms with van der Waals surface area (Å²) in [5.41, 5.74) is 0.0686. The second-order valence-electron chi connectivity index (χ2n) is 4.41. The maximum atomic E-state index is 12.1. The molecule has 1 saturated heterocycles. The fourth-order valence-corrected chi connectivity index (χ4v) is 3.77. The fraction of sp³-hybridized carbons (Fsp3) is 0.455. The molecule has 0 aliphatic carbocycles. The van der Waals surface area contributed by atoms with Crippen molar-refractivity contribution in [1.29, 1.82) is 0 Å². The Morgan fingerprint density at radius 1 is 1.44 bits per heavy atom. The summed E-state index contributed by atoms with van der Waals surface area (Å²) >= 11 is 0. The second-order valence-corrected chi connectivity index (χ2v) is 6.64. The normalized spacial score (nSPS) is 21.7. The number of rotatable bonds is 2. The molecule has 1 aliphatic rings. The van der Waals surface area contributed by atoms with E-state index in [2.05, 4.69) is 4.98 Å². The van der Waals surface area contributed by atoms with Gasteiger partial charge in [0.15, 0.2) is 9.84 Å². The number of nitrogens with one attached hydrogen (secondary N) is 1. The number of aromatic nitrogens is 1. The minimum absolute atomic E-state index is 0.0125. The van der Waals surface area contributed by atoms with Gasteiger partial charge in [0.25, 0.3) is 5.91 Å². The average Bonchev–Trinajstić information content (AvgIpc) is 2.69. The van der Waals surface area contributed by atoms with E-state index in [4.69, 9.17) is 0 Å². The molecule has 98 valence electrons. The van der Waals surface area contributed by atoms with Crippen LogP contribution in [0.25, 0.3) is 0 Å². The molecule has 2 heterocycles. The summed E-state index contributed by atoms with van der Waals surface area (Å²) in [6.07, 6.45) is 1.80. The van der Waals surface area contributed by atoms with Crippen molar-refractivity contribution in [2.24, 2.45) is 0 Å². The SMILES string of the molecule is CN(C(=O)c1ccc(=O)[nH]c1)C1CCS(=O)(=O)C1. The number of amides is 1. The van der Waals surface area contributed by atoms with Crippen molar-refractivity contribution in [3.8, 4) is 0 Å². The van der Waals surface area contributed by atoms with Crippen LogP contribution in [-0.2, 0) is 9.84 Å². The summed E-state index contributed by atoms with van der Waals surface area (Å²) in [6.45, 7) is 0. The first-order valence-corrected chi connectivity index (χ1v) is 7.37. The molecule has 0 radical (unpaired) electrons. The molecular weight excluding hydrogens is 256 g/mol. The van der Waals surface area contributed by atoms with E-state index in [9.17, 15) is 18.0 Å². The molecule has 0 saturated carbocycles.